The number of nitrogens with one attached hydrogen (secondary N) is 1. The monoisotopic (exact) mass is 338 g/mol. The van der Waals surface area contributed by atoms with Gasteiger partial charge in [0.1, 0.15) is 5.75 Å². The molecule has 1 atom stereocenters. The van der Waals surface area contributed by atoms with Crippen molar-refractivity contribution in [3.05, 3.63) is 53.6 Å². The fraction of sp³-hybridized carbons (Fsp3) is 0.300. The number of aryl methyl sites for hydroxylation is 2. The second-order valence-corrected chi connectivity index (χ2v) is 6.16. The van der Waals surface area contributed by atoms with E-state index in [9.17, 15) is 9.59 Å². The Labute approximate surface area is 147 Å². The number of amides is 2. The molecule has 1 N–H and O–H groups in total. The van der Waals surface area contributed by atoms with Crippen LogP contribution < -0.4 is 15.0 Å². The predicted octanol–water partition coefficient (Wildman–Crippen LogP) is 3.31. The predicted molar refractivity (Wildman–Crippen MR) is 98.1 cm³/mol. The van der Waals surface area contributed by atoms with Gasteiger partial charge in [0.2, 0.25) is 5.91 Å². The number of hydrogen-bond acceptors (Lipinski definition) is 3. The highest BCUT2D eigenvalue weighted by molar-refractivity contribution is 6.00. The molecule has 0 aliphatic carbocycles. The van der Waals surface area contributed by atoms with Gasteiger partial charge in [0.15, 0.2) is 6.10 Å². The van der Waals surface area contributed by atoms with E-state index in [0.717, 1.165) is 23.2 Å². The second kappa shape index (κ2) is 6.97. The molecule has 1 heterocycles. The number of benzene rings is 2. The number of carbonyl (C=O) groups is 2. The molecule has 3 rings (SSSR count). The number of fused-ring (bicyclic) bond motifs is 1. The molecule has 2 aromatic carbocycles. The summed E-state index contributed by atoms with van der Waals surface area (Å²) >= 11 is 0. The molecule has 0 radical (unpaired) electrons. The van der Waals surface area contributed by atoms with Crippen LogP contribution in [0.15, 0.2) is 42.5 Å². The quantitative estimate of drug-likeness (QED) is 0.934. The van der Waals surface area contributed by atoms with E-state index < -0.39 is 6.10 Å². The lowest BCUT2D eigenvalue weighted by Gasteiger charge is -2.33. The smallest absolute Gasteiger partial charge is 0.267 e. The summed E-state index contributed by atoms with van der Waals surface area (Å²) in [6, 6.07) is 13.2. The van der Waals surface area contributed by atoms with Crippen LogP contribution in [0, 0.1) is 6.92 Å². The summed E-state index contributed by atoms with van der Waals surface area (Å²) in [6.45, 7) is 5.71. The van der Waals surface area contributed by atoms with Crippen molar-refractivity contribution in [2.24, 2.45) is 0 Å². The first-order valence-corrected chi connectivity index (χ1v) is 8.44. The van der Waals surface area contributed by atoms with Gasteiger partial charge in [-0.25, -0.2) is 0 Å². The van der Waals surface area contributed by atoms with Gasteiger partial charge in [0.25, 0.3) is 5.91 Å². The Morgan fingerprint density at radius 2 is 1.96 bits per heavy atom. The molecule has 25 heavy (non-hydrogen) atoms. The summed E-state index contributed by atoms with van der Waals surface area (Å²) in [4.78, 5) is 26.4. The van der Waals surface area contributed by atoms with Gasteiger partial charge in [-0.1, -0.05) is 37.3 Å². The minimum Gasteiger partial charge on any atom is -0.476 e. The van der Waals surface area contributed by atoms with Gasteiger partial charge >= 0.3 is 0 Å². The molecule has 0 saturated heterocycles. The maximum atomic E-state index is 12.8. The van der Waals surface area contributed by atoms with Crippen LogP contribution in [0.4, 0.5) is 11.4 Å². The van der Waals surface area contributed by atoms with E-state index in [4.69, 9.17) is 4.74 Å². The average Bonchev–Trinajstić information content (AvgIpc) is 2.62. The van der Waals surface area contributed by atoms with Crippen LogP contribution in [-0.4, -0.2) is 24.5 Å². The van der Waals surface area contributed by atoms with E-state index in [1.165, 1.54) is 6.92 Å². The highest BCUT2D eigenvalue weighted by Gasteiger charge is 2.32. The number of para-hydroxylation sites is 3. The standard InChI is InChI=1S/C20H22N2O3/c1-4-15-9-7-8-13(2)19(15)21-20(24)18-12-22(14(3)23)16-10-5-6-11-17(16)25-18/h5-11,18H,4,12H2,1-3H3,(H,21,24). The molecular weight excluding hydrogens is 316 g/mol. The molecule has 0 fully saturated rings. The minimum atomic E-state index is -0.747. The normalized spacial score (nSPS) is 16.0. The largest absolute Gasteiger partial charge is 0.476 e. The number of carbonyl (C=O) groups excluding carboxylic acids is 2. The van der Waals surface area contributed by atoms with Gasteiger partial charge in [-0.15, -0.1) is 0 Å². The van der Waals surface area contributed by atoms with Crippen molar-refractivity contribution in [1.82, 2.24) is 0 Å². The number of anilines is 2. The Hall–Kier alpha value is -2.82. The molecule has 2 aromatic rings. The number of hydrogen-bond donors (Lipinski definition) is 1. The molecular formula is C20H22N2O3. The maximum absolute atomic E-state index is 12.8. The third kappa shape index (κ3) is 3.36. The third-order valence-electron chi connectivity index (χ3n) is 4.43. The molecule has 1 aliphatic rings. The minimum absolute atomic E-state index is 0.112. The summed E-state index contributed by atoms with van der Waals surface area (Å²) in [5.74, 6) is 0.188. The lowest BCUT2D eigenvalue weighted by Crippen LogP contribution is -2.48. The van der Waals surface area contributed by atoms with Gasteiger partial charge in [-0.05, 0) is 36.6 Å². The molecule has 1 aliphatic heterocycles. The van der Waals surface area contributed by atoms with Crippen LogP contribution in [0.25, 0.3) is 0 Å². The molecule has 130 valence electrons. The van der Waals surface area contributed by atoms with Gasteiger partial charge in [-0.3, -0.25) is 9.59 Å². The molecule has 0 saturated carbocycles. The van der Waals surface area contributed by atoms with Crippen molar-refractivity contribution in [3.63, 3.8) is 0 Å². The van der Waals surface area contributed by atoms with Crippen LogP contribution >= 0.6 is 0 Å². The first-order chi connectivity index (χ1) is 12.0. The highest BCUT2D eigenvalue weighted by atomic mass is 16.5. The summed E-state index contributed by atoms with van der Waals surface area (Å²) in [6.07, 6.45) is 0.0775. The summed E-state index contributed by atoms with van der Waals surface area (Å²) < 4.78 is 5.85. The first kappa shape index (κ1) is 17.0. The summed E-state index contributed by atoms with van der Waals surface area (Å²) in [7, 11) is 0. The van der Waals surface area contributed by atoms with Crippen molar-refractivity contribution in [1.29, 1.82) is 0 Å². The van der Waals surface area contributed by atoms with Crippen LogP contribution in [0.5, 0.6) is 5.75 Å². The Morgan fingerprint density at radius 3 is 2.68 bits per heavy atom. The number of rotatable bonds is 3. The Balaban J connectivity index is 1.86. The van der Waals surface area contributed by atoms with E-state index in [0.29, 0.717) is 11.4 Å². The SMILES string of the molecule is CCc1cccc(C)c1NC(=O)C1CN(C(C)=O)c2ccccc2O1. The second-order valence-electron chi connectivity index (χ2n) is 6.16. The fourth-order valence-corrected chi connectivity index (χ4v) is 3.07. The topological polar surface area (TPSA) is 58.6 Å². The molecule has 0 aromatic heterocycles. The van der Waals surface area contributed by atoms with Crippen LogP contribution in [0.1, 0.15) is 25.0 Å². The van der Waals surface area contributed by atoms with E-state index in [2.05, 4.69) is 12.2 Å². The van der Waals surface area contributed by atoms with Crippen LogP contribution in [0.3, 0.4) is 0 Å². The van der Waals surface area contributed by atoms with Crippen molar-refractivity contribution in [3.8, 4) is 5.75 Å². The lowest BCUT2D eigenvalue weighted by atomic mass is 10.1. The Bertz CT molecular complexity index is 816. The van der Waals surface area contributed by atoms with Crippen LogP contribution in [-0.2, 0) is 16.0 Å². The maximum Gasteiger partial charge on any atom is 0.267 e. The van der Waals surface area contributed by atoms with Crippen molar-refractivity contribution in [2.75, 3.05) is 16.8 Å². The Kier molecular flexibility index (Phi) is 4.74. The van der Waals surface area contributed by atoms with E-state index in [1.54, 1.807) is 11.0 Å². The molecule has 0 bridgehead atoms. The number of nitrogens with zero attached hydrogens (tertiary/aromatic N) is 1. The van der Waals surface area contributed by atoms with Crippen molar-refractivity contribution >= 4 is 23.2 Å². The molecule has 5 heteroatoms. The fourth-order valence-electron chi connectivity index (χ4n) is 3.07. The van der Waals surface area contributed by atoms with Crippen LogP contribution in [0.2, 0.25) is 0 Å². The molecule has 1 unspecified atom stereocenters. The average molecular weight is 338 g/mol. The van der Waals surface area contributed by atoms with Crippen molar-refractivity contribution < 1.29 is 14.3 Å². The Morgan fingerprint density at radius 1 is 1.20 bits per heavy atom. The molecule has 2 amide bonds. The zero-order valence-corrected chi connectivity index (χ0v) is 14.7. The lowest BCUT2D eigenvalue weighted by molar-refractivity contribution is -0.123. The van der Waals surface area contributed by atoms with Gasteiger partial charge in [0.05, 0.1) is 12.2 Å². The van der Waals surface area contributed by atoms with E-state index in [1.807, 2.05) is 43.3 Å². The summed E-state index contributed by atoms with van der Waals surface area (Å²) in [5.41, 5.74) is 3.61. The van der Waals surface area contributed by atoms with E-state index in [-0.39, 0.29) is 18.4 Å². The van der Waals surface area contributed by atoms with Gasteiger partial charge in [0, 0.05) is 12.6 Å². The number of ether oxygens (including phenoxy) is 1. The zero-order valence-electron chi connectivity index (χ0n) is 14.7. The molecule has 5 nitrogen and oxygen atoms in total. The molecule has 0 spiro atoms. The van der Waals surface area contributed by atoms with Crippen molar-refractivity contribution in [2.45, 2.75) is 33.3 Å². The van der Waals surface area contributed by atoms with Gasteiger partial charge in [-0.2, -0.15) is 0 Å². The summed E-state index contributed by atoms with van der Waals surface area (Å²) in [5, 5.41) is 2.99. The highest BCUT2D eigenvalue weighted by Crippen LogP contribution is 2.33. The van der Waals surface area contributed by atoms with E-state index >= 15 is 0 Å². The zero-order chi connectivity index (χ0) is 18.0. The third-order valence-corrected chi connectivity index (χ3v) is 4.43. The first-order valence-electron chi connectivity index (χ1n) is 8.44. The van der Waals surface area contributed by atoms with Gasteiger partial charge < -0.3 is 15.0 Å².